The van der Waals surface area contributed by atoms with E-state index in [1.165, 1.54) is 12.3 Å². The minimum Gasteiger partial charge on any atom is -0.384 e. The Morgan fingerprint density at radius 1 is 1.28 bits per heavy atom. The molecule has 0 aliphatic rings. The highest BCUT2D eigenvalue weighted by molar-refractivity contribution is 9.11. The van der Waals surface area contributed by atoms with E-state index < -0.39 is 0 Å². The Balaban J connectivity index is 2.28. The average molecular weight is 372 g/mol. The summed E-state index contributed by atoms with van der Waals surface area (Å²) in [5.74, 6) is 0.420. The Morgan fingerprint density at radius 2 is 2.06 bits per heavy atom. The van der Waals surface area contributed by atoms with Crippen LogP contribution in [0.15, 0.2) is 39.5 Å². The molecule has 3 N–H and O–H groups in total. The van der Waals surface area contributed by atoms with Gasteiger partial charge in [-0.25, -0.2) is 9.97 Å². The van der Waals surface area contributed by atoms with Gasteiger partial charge >= 0.3 is 0 Å². The zero-order valence-electron chi connectivity index (χ0n) is 9.02. The maximum atomic E-state index is 12.1. The molecular formula is C11H8Br2N4O. The predicted octanol–water partition coefficient (Wildman–Crippen LogP) is 2.84. The Bertz CT molecular complexity index is 603. The molecule has 2 aromatic rings. The summed E-state index contributed by atoms with van der Waals surface area (Å²) in [6.45, 7) is 0. The van der Waals surface area contributed by atoms with Crippen molar-refractivity contribution in [2.45, 2.75) is 0 Å². The van der Waals surface area contributed by atoms with Gasteiger partial charge in [0.05, 0.1) is 10.0 Å². The van der Waals surface area contributed by atoms with Gasteiger partial charge in [-0.2, -0.15) is 0 Å². The van der Waals surface area contributed by atoms with Gasteiger partial charge in [0.15, 0.2) is 0 Å². The van der Waals surface area contributed by atoms with Crippen molar-refractivity contribution in [1.29, 1.82) is 0 Å². The second-order valence-electron chi connectivity index (χ2n) is 3.38. The summed E-state index contributed by atoms with van der Waals surface area (Å²) in [7, 11) is 0. The number of nitrogens with two attached hydrogens (primary N) is 1. The van der Waals surface area contributed by atoms with Gasteiger partial charge in [-0.1, -0.05) is 0 Å². The molecule has 0 saturated carbocycles. The second-order valence-corrected chi connectivity index (χ2v) is 5.09. The Hall–Kier alpha value is -1.47. The first kappa shape index (κ1) is 13.0. The molecule has 0 aromatic carbocycles. The van der Waals surface area contributed by atoms with Crippen LogP contribution < -0.4 is 11.1 Å². The van der Waals surface area contributed by atoms with Crippen molar-refractivity contribution < 1.29 is 4.79 Å². The number of hydrogen-bond acceptors (Lipinski definition) is 4. The molecule has 0 aliphatic heterocycles. The fourth-order valence-electron chi connectivity index (χ4n) is 1.28. The quantitative estimate of drug-likeness (QED) is 0.850. The summed E-state index contributed by atoms with van der Waals surface area (Å²) >= 11 is 6.56. The lowest BCUT2D eigenvalue weighted by Gasteiger charge is -2.07. The number of nitrogen functional groups attached to an aromatic ring is 1. The Morgan fingerprint density at radius 3 is 2.78 bits per heavy atom. The van der Waals surface area contributed by atoms with Crippen LogP contribution in [0.2, 0.25) is 0 Å². The number of aromatic nitrogens is 2. The highest BCUT2D eigenvalue weighted by Gasteiger charge is 2.13. The maximum absolute atomic E-state index is 12.1. The Kier molecular flexibility index (Phi) is 3.93. The third kappa shape index (κ3) is 2.85. The smallest absolute Gasteiger partial charge is 0.258 e. The molecule has 18 heavy (non-hydrogen) atoms. The standard InChI is InChI=1S/C11H8Br2N4O/c12-7-2-1-3-15-10(7)17-11(18)6-4-9(14)16-5-8(6)13/h1-5H,(H2,14,16)(H,15,17,18). The molecule has 0 bridgehead atoms. The van der Waals surface area contributed by atoms with Gasteiger partial charge < -0.3 is 11.1 Å². The van der Waals surface area contributed by atoms with E-state index in [1.54, 1.807) is 18.3 Å². The largest absolute Gasteiger partial charge is 0.384 e. The molecule has 0 radical (unpaired) electrons. The van der Waals surface area contributed by atoms with Gasteiger partial charge in [0, 0.05) is 16.9 Å². The molecule has 7 heteroatoms. The molecule has 2 aromatic heterocycles. The van der Waals surface area contributed by atoms with Gasteiger partial charge in [-0.3, -0.25) is 4.79 Å². The van der Waals surface area contributed by atoms with Crippen LogP contribution in [0.4, 0.5) is 11.6 Å². The van der Waals surface area contributed by atoms with Crippen molar-refractivity contribution in [2.24, 2.45) is 0 Å². The first-order valence-corrected chi connectivity index (χ1v) is 6.49. The third-order valence-electron chi connectivity index (χ3n) is 2.11. The number of carbonyl (C=O) groups is 1. The van der Waals surface area contributed by atoms with Crippen LogP contribution in [0.1, 0.15) is 10.4 Å². The Labute approximate surface area is 120 Å². The van der Waals surface area contributed by atoms with Gasteiger partial charge in [0.2, 0.25) is 0 Å². The topological polar surface area (TPSA) is 80.9 Å². The summed E-state index contributed by atoms with van der Waals surface area (Å²) < 4.78 is 1.28. The first-order chi connectivity index (χ1) is 8.58. The SMILES string of the molecule is Nc1cc(C(=O)Nc2ncccc2Br)c(Br)cn1. The van der Waals surface area contributed by atoms with Crippen molar-refractivity contribution in [3.8, 4) is 0 Å². The number of carbonyl (C=O) groups excluding carboxylic acids is 1. The van der Waals surface area contributed by atoms with Crippen molar-refractivity contribution in [2.75, 3.05) is 11.1 Å². The van der Waals surface area contributed by atoms with E-state index in [-0.39, 0.29) is 11.7 Å². The van der Waals surface area contributed by atoms with E-state index in [0.717, 1.165) is 0 Å². The fourth-order valence-corrected chi connectivity index (χ4v) is 2.03. The molecule has 2 heterocycles. The van der Waals surface area contributed by atoms with E-state index in [2.05, 4.69) is 47.1 Å². The molecule has 0 fully saturated rings. The number of pyridine rings is 2. The zero-order chi connectivity index (χ0) is 13.1. The molecule has 0 unspecified atom stereocenters. The van der Waals surface area contributed by atoms with E-state index in [1.807, 2.05) is 0 Å². The van der Waals surface area contributed by atoms with E-state index in [0.29, 0.717) is 20.3 Å². The first-order valence-electron chi connectivity index (χ1n) is 4.91. The average Bonchev–Trinajstić information content (AvgIpc) is 2.35. The van der Waals surface area contributed by atoms with Crippen molar-refractivity contribution in [3.05, 3.63) is 45.1 Å². The van der Waals surface area contributed by atoms with Crippen LogP contribution >= 0.6 is 31.9 Å². The van der Waals surface area contributed by atoms with Crippen LogP contribution in [0.5, 0.6) is 0 Å². The number of anilines is 2. The third-order valence-corrected chi connectivity index (χ3v) is 3.38. The monoisotopic (exact) mass is 370 g/mol. The zero-order valence-corrected chi connectivity index (χ0v) is 12.2. The summed E-state index contributed by atoms with van der Waals surface area (Å²) in [5.41, 5.74) is 5.95. The van der Waals surface area contributed by atoms with Gasteiger partial charge in [-0.05, 0) is 50.1 Å². The molecule has 5 nitrogen and oxygen atoms in total. The highest BCUT2D eigenvalue weighted by Crippen LogP contribution is 2.22. The van der Waals surface area contributed by atoms with Crippen molar-refractivity contribution in [3.63, 3.8) is 0 Å². The minimum absolute atomic E-state index is 0.281. The van der Waals surface area contributed by atoms with E-state index in [4.69, 9.17) is 5.73 Å². The number of amides is 1. The molecular weight excluding hydrogens is 364 g/mol. The van der Waals surface area contributed by atoms with E-state index in [9.17, 15) is 4.79 Å². The predicted molar refractivity (Wildman–Crippen MR) is 76.2 cm³/mol. The van der Waals surface area contributed by atoms with Gasteiger partial charge in [0.1, 0.15) is 11.6 Å². The van der Waals surface area contributed by atoms with Crippen LogP contribution in [-0.2, 0) is 0 Å². The maximum Gasteiger partial charge on any atom is 0.258 e. The summed E-state index contributed by atoms with van der Waals surface area (Å²) in [4.78, 5) is 20.0. The van der Waals surface area contributed by atoms with Crippen LogP contribution in [0, 0.1) is 0 Å². The molecule has 1 amide bonds. The number of halogens is 2. The minimum atomic E-state index is -0.310. The lowest BCUT2D eigenvalue weighted by Crippen LogP contribution is -2.14. The number of nitrogens with one attached hydrogen (secondary N) is 1. The van der Waals surface area contributed by atoms with Crippen molar-refractivity contribution in [1.82, 2.24) is 9.97 Å². The molecule has 2 rings (SSSR count). The molecule has 0 aliphatic carbocycles. The number of rotatable bonds is 2. The number of nitrogens with zero attached hydrogens (tertiary/aromatic N) is 2. The lowest BCUT2D eigenvalue weighted by molar-refractivity contribution is 0.102. The van der Waals surface area contributed by atoms with Crippen LogP contribution in [-0.4, -0.2) is 15.9 Å². The van der Waals surface area contributed by atoms with Gasteiger partial charge in [0.25, 0.3) is 5.91 Å². The van der Waals surface area contributed by atoms with Crippen molar-refractivity contribution >= 4 is 49.4 Å². The fraction of sp³-hybridized carbons (Fsp3) is 0. The van der Waals surface area contributed by atoms with Gasteiger partial charge in [-0.15, -0.1) is 0 Å². The summed E-state index contributed by atoms with van der Waals surface area (Å²) in [6.07, 6.45) is 3.08. The molecule has 92 valence electrons. The molecule has 0 atom stereocenters. The van der Waals surface area contributed by atoms with E-state index >= 15 is 0 Å². The number of hydrogen-bond donors (Lipinski definition) is 2. The normalized spacial score (nSPS) is 10.1. The molecule has 0 saturated heterocycles. The molecule has 0 spiro atoms. The van der Waals surface area contributed by atoms with Crippen LogP contribution in [0.3, 0.4) is 0 Å². The highest BCUT2D eigenvalue weighted by atomic mass is 79.9. The van der Waals surface area contributed by atoms with Crippen LogP contribution in [0.25, 0.3) is 0 Å². The lowest BCUT2D eigenvalue weighted by atomic mass is 10.2. The second kappa shape index (κ2) is 5.45. The summed E-state index contributed by atoms with van der Waals surface area (Å²) in [6, 6.07) is 5.05. The summed E-state index contributed by atoms with van der Waals surface area (Å²) in [5, 5.41) is 2.68.